The van der Waals surface area contributed by atoms with E-state index in [1.54, 1.807) is 19.2 Å². The summed E-state index contributed by atoms with van der Waals surface area (Å²) in [7, 11) is 1.55. The molecule has 0 amide bonds. The molecule has 2 aromatic carbocycles. The lowest BCUT2D eigenvalue weighted by molar-refractivity contribution is 0.0696. The summed E-state index contributed by atoms with van der Waals surface area (Å²) in [5, 5.41) is 9.01. The standard InChI is InChI=1S/C16H16O4/c1-11-4-3-5-14(8-11)20-10-13-9-12(16(17)18)6-7-15(13)19-2/h3-9H,10H2,1-2H3,(H,17,18). The predicted octanol–water partition coefficient (Wildman–Crippen LogP) is 3.28. The highest BCUT2D eigenvalue weighted by Crippen LogP contribution is 2.22. The number of aryl methyl sites for hydroxylation is 1. The minimum atomic E-state index is -0.968. The number of carboxylic acid groups (broad SMARTS) is 1. The summed E-state index contributed by atoms with van der Waals surface area (Å²) >= 11 is 0. The highest BCUT2D eigenvalue weighted by atomic mass is 16.5. The molecule has 0 bridgehead atoms. The van der Waals surface area contributed by atoms with Crippen LogP contribution >= 0.6 is 0 Å². The average molecular weight is 272 g/mol. The van der Waals surface area contributed by atoms with Crippen LogP contribution in [0.1, 0.15) is 21.5 Å². The maximum absolute atomic E-state index is 11.0. The Morgan fingerprint density at radius 3 is 2.65 bits per heavy atom. The molecule has 0 aliphatic rings. The van der Waals surface area contributed by atoms with Crippen LogP contribution in [-0.2, 0) is 6.61 Å². The van der Waals surface area contributed by atoms with Crippen LogP contribution in [0, 0.1) is 6.92 Å². The molecule has 104 valence electrons. The number of methoxy groups -OCH3 is 1. The molecule has 0 aromatic heterocycles. The van der Waals surface area contributed by atoms with Crippen LogP contribution in [-0.4, -0.2) is 18.2 Å². The SMILES string of the molecule is COc1ccc(C(=O)O)cc1COc1cccc(C)c1. The zero-order valence-corrected chi connectivity index (χ0v) is 11.4. The Kier molecular flexibility index (Phi) is 4.25. The van der Waals surface area contributed by atoms with E-state index in [9.17, 15) is 4.79 Å². The van der Waals surface area contributed by atoms with Gasteiger partial charge in [-0.2, -0.15) is 0 Å². The van der Waals surface area contributed by atoms with Gasteiger partial charge < -0.3 is 14.6 Å². The van der Waals surface area contributed by atoms with Crippen LogP contribution in [0.25, 0.3) is 0 Å². The fraction of sp³-hybridized carbons (Fsp3) is 0.188. The Morgan fingerprint density at radius 2 is 2.00 bits per heavy atom. The van der Waals surface area contributed by atoms with E-state index in [4.69, 9.17) is 14.6 Å². The van der Waals surface area contributed by atoms with Crippen LogP contribution in [0.3, 0.4) is 0 Å². The van der Waals surface area contributed by atoms with Crippen LogP contribution in [0.2, 0.25) is 0 Å². The molecule has 0 unspecified atom stereocenters. The summed E-state index contributed by atoms with van der Waals surface area (Å²) in [6.45, 7) is 2.24. The Hall–Kier alpha value is -2.49. The normalized spacial score (nSPS) is 10.1. The van der Waals surface area contributed by atoms with Crippen molar-refractivity contribution in [2.75, 3.05) is 7.11 Å². The molecule has 0 spiro atoms. The first-order valence-corrected chi connectivity index (χ1v) is 6.20. The molecule has 4 nitrogen and oxygen atoms in total. The van der Waals surface area contributed by atoms with Crippen molar-refractivity contribution in [3.8, 4) is 11.5 Å². The molecular formula is C16H16O4. The van der Waals surface area contributed by atoms with Crippen LogP contribution in [0.15, 0.2) is 42.5 Å². The maximum atomic E-state index is 11.0. The van der Waals surface area contributed by atoms with Crippen molar-refractivity contribution in [1.82, 2.24) is 0 Å². The summed E-state index contributed by atoms with van der Waals surface area (Å²) in [4.78, 5) is 11.0. The van der Waals surface area contributed by atoms with E-state index >= 15 is 0 Å². The van der Waals surface area contributed by atoms with E-state index < -0.39 is 5.97 Å². The molecule has 2 rings (SSSR count). The van der Waals surface area contributed by atoms with Crippen LogP contribution in [0.5, 0.6) is 11.5 Å². The first-order valence-electron chi connectivity index (χ1n) is 6.20. The quantitative estimate of drug-likeness (QED) is 0.907. The van der Waals surface area contributed by atoms with E-state index in [-0.39, 0.29) is 12.2 Å². The lowest BCUT2D eigenvalue weighted by Gasteiger charge is -2.11. The fourth-order valence-corrected chi connectivity index (χ4v) is 1.89. The maximum Gasteiger partial charge on any atom is 0.335 e. The molecule has 0 saturated carbocycles. The molecule has 0 heterocycles. The third-order valence-electron chi connectivity index (χ3n) is 2.91. The van der Waals surface area contributed by atoms with Gasteiger partial charge in [0, 0.05) is 5.56 Å². The molecule has 0 atom stereocenters. The van der Waals surface area contributed by atoms with Gasteiger partial charge in [-0.3, -0.25) is 0 Å². The Labute approximate surface area is 117 Å². The van der Waals surface area contributed by atoms with Gasteiger partial charge in [0.1, 0.15) is 18.1 Å². The minimum Gasteiger partial charge on any atom is -0.496 e. The smallest absolute Gasteiger partial charge is 0.335 e. The second-order valence-corrected chi connectivity index (χ2v) is 4.44. The molecule has 2 aromatic rings. The Balaban J connectivity index is 2.19. The minimum absolute atomic E-state index is 0.216. The van der Waals surface area contributed by atoms with Crippen LogP contribution in [0.4, 0.5) is 0 Å². The van der Waals surface area contributed by atoms with E-state index in [0.717, 1.165) is 11.3 Å². The van der Waals surface area contributed by atoms with E-state index in [2.05, 4.69) is 0 Å². The highest BCUT2D eigenvalue weighted by molar-refractivity contribution is 5.88. The second kappa shape index (κ2) is 6.10. The number of rotatable bonds is 5. The summed E-state index contributed by atoms with van der Waals surface area (Å²) < 4.78 is 10.9. The van der Waals surface area contributed by atoms with Gasteiger partial charge in [-0.25, -0.2) is 4.79 Å². The van der Waals surface area contributed by atoms with Gasteiger partial charge in [-0.15, -0.1) is 0 Å². The van der Waals surface area contributed by atoms with Crippen molar-refractivity contribution in [2.24, 2.45) is 0 Å². The Bertz CT molecular complexity index is 620. The third-order valence-corrected chi connectivity index (χ3v) is 2.91. The van der Waals surface area contributed by atoms with Crippen molar-refractivity contribution in [3.63, 3.8) is 0 Å². The molecule has 0 saturated heterocycles. The summed E-state index contributed by atoms with van der Waals surface area (Å²) in [5.41, 5.74) is 2.02. The van der Waals surface area contributed by atoms with Gasteiger partial charge in [0.25, 0.3) is 0 Å². The monoisotopic (exact) mass is 272 g/mol. The molecule has 0 radical (unpaired) electrons. The fourth-order valence-electron chi connectivity index (χ4n) is 1.89. The number of carbonyl (C=O) groups is 1. The van der Waals surface area contributed by atoms with Crippen molar-refractivity contribution in [3.05, 3.63) is 59.2 Å². The predicted molar refractivity (Wildman–Crippen MR) is 75.5 cm³/mol. The van der Waals surface area contributed by atoms with Gasteiger partial charge in [0.15, 0.2) is 0 Å². The van der Waals surface area contributed by atoms with Crippen molar-refractivity contribution < 1.29 is 19.4 Å². The summed E-state index contributed by atoms with van der Waals surface area (Å²) in [6, 6.07) is 12.4. The summed E-state index contributed by atoms with van der Waals surface area (Å²) in [6.07, 6.45) is 0. The first-order chi connectivity index (χ1) is 9.60. The Morgan fingerprint density at radius 1 is 1.20 bits per heavy atom. The molecular weight excluding hydrogens is 256 g/mol. The zero-order chi connectivity index (χ0) is 14.5. The summed E-state index contributed by atoms with van der Waals surface area (Å²) in [5.74, 6) is 0.389. The van der Waals surface area contributed by atoms with E-state index in [1.165, 1.54) is 6.07 Å². The lowest BCUT2D eigenvalue weighted by Crippen LogP contribution is -2.03. The van der Waals surface area contributed by atoms with Gasteiger partial charge in [-0.1, -0.05) is 12.1 Å². The van der Waals surface area contributed by atoms with Gasteiger partial charge in [-0.05, 0) is 42.8 Å². The lowest BCUT2D eigenvalue weighted by atomic mass is 10.1. The molecule has 0 fully saturated rings. The topological polar surface area (TPSA) is 55.8 Å². The van der Waals surface area contributed by atoms with Crippen LogP contribution < -0.4 is 9.47 Å². The molecule has 20 heavy (non-hydrogen) atoms. The number of ether oxygens (including phenoxy) is 2. The van der Waals surface area contributed by atoms with Crippen molar-refractivity contribution in [1.29, 1.82) is 0 Å². The van der Waals surface area contributed by atoms with Crippen molar-refractivity contribution in [2.45, 2.75) is 13.5 Å². The van der Waals surface area contributed by atoms with Gasteiger partial charge in [0.2, 0.25) is 0 Å². The molecule has 0 aliphatic heterocycles. The largest absolute Gasteiger partial charge is 0.496 e. The molecule has 1 N–H and O–H groups in total. The highest BCUT2D eigenvalue weighted by Gasteiger charge is 2.09. The number of hydrogen-bond donors (Lipinski definition) is 1. The number of hydrogen-bond acceptors (Lipinski definition) is 3. The van der Waals surface area contributed by atoms with Crippen molar-refractivity contribution >= 4 is 5.97 Å². The molecule has 0 aliphatic carbocycles. The van der Waals surface area contributed by atoms with E-state index in [1.807, 2.05) is 31.2 Å². The third kappa shape index (κ3) is 3.29. The number of carboxylic acids is 1. The van der Waals surface area contributed by atoms with Gasteiger partial charge in [0.05, 0.1) is 12.7 Å². The average Bonchev–Trinajstić information content (AvgIpc) is 2.44. The zero-order valence-electron chi connectivity index (χ0n) is 11.4. The van der Waals surface area contributed by atoms with E-state index in [0.29, 0.717) is 11.3 Å². The first kappa shape index (κ1) is 13.9. The second-order valence-electron chi connectivity index (χ2n) is 4.44. The van der Waals surface area contributed by atoms with Gasteiger partial charge >= 0.3 is 5.97 Å². The number of aromatic carboxylic acids is 1. The number of benzene rings is 2. The molecule has 4 heteroatoms.